The van der Waals surface area contributed by atoms with E-state index in [1.807, 2.05) is 43.3 Å². The number of aromatic nitrogens is 1. The van der Waals surface area contributed by atoms with Gasteiger partial charge >= 0.3 is 5.97 Å². The predicted molar refractivity (Wildman–Crippen MR) is 168 cm³/mol. The lowest BCUT2D eigenvalue weighted by atomic mass is 9.93. The number of ether oxygens (including phenoxy) is 2. The molecule has 4 aromatic rings. The Bertz CT molecular complexity index is 1730. The third-order valence-electron chi connectivity index (χ3n) is 7.40. The lowest BCUT2D eigenvalue weighted by molar-refractivity contribution is -0.115. The number of rotatable bonds is 12. The fourth-order valence-corrected chi connectivity index (χ4v) is 6.67. The molecule has 0 bridgehead atoms. The molecular formula is C33H35N3O7S. The van der Waals surface area contributed by atoms with Crippen LogP contribution < -0.4 is 19.5 Å². The van der Waals surface area contributed by atoms with Crippen molar-refractivity contribution < 1.29 is 32.6 Å². The summed E-state index contributed by atoms with van der Waals surface area (Å²) in [5, 5.41) is 13.9. The van der Waals surface area contributed by atoms with E-state index in [0.29, 0.717) is 23.6 Å². The normalized spacial score (nSPS) is 16.8. The summed E-state index contributed by atoms with van der Waals surface area (Å²) < 4.78 is 39.1. The Labute approximate surface area is 256 Å². The van der Waals surface area contributed by atoms with Gasteiger partial charge in [-0.1, -0.05) is 37.3 Å². The Hall–Kier alpha value is -4.48. The average molecular weight is 618 g/mol. The molecule has 1 aliphatic carbocycles. The van der Waals surface area contributed by atoms with Crippen LogP contribution in [0.4, 0.5) is 5.69 Å². The number of carbonyl (C=O) groups is 2. The molecule has 1 aromatic heterocycles. The first-order valence-electron chi connectivity index (χ1n) is 14.6. The summed E-state index contributed by atoms with van der Waals surface area (Å²) in [5.41, 5.74) is 0.918. The van der Waals surface area contributed by atoms with Gasteiger partial charge in [-0.3, -0.25) is 4.79 Å². The number of nitrogens with zero attached hydrogens (tertiary/aromatic N) is 1. The van der Waals surface area contributed by atoms with Crippen molar-refractivity contribution in [3.8, 4) is 17.4 Å². The predicted octanol–water partition coefficient (Wildman–Crippen LogP) is 5.93. The number of sulfonamides is 1. The molecule has 44 heavy (non-hydrogen) atoms. The van der Waals surface area contributed by atoms with Gasteiger partial charge in [-0.25, -0.2) is 22.9 Å². The van der Waals surface area contributed by atoms with Crippen LogP contribution >= 0.6 is 0 Å². The molecule has 11 heteroatoms. The van der Waals surface area contributed by atoms with E-state index in [4.69, 9.17) is 9.47 Å². The summed E-state index contributed by atoms with van der Waals surface area (Å²) in [7, 11) is -3.21. The summed E-state index contributed by atoms with van der Waals surface area (Å²) in [6, 6.07) is 21.2. The molecule has 0 unspecified atom stereocenters. The van der Waals surface area contributed by atoms with E-state index in [1.54, 1.807) is 36.5 Å². The Kier molecular flexibility index (Phi) is 9.76. The zero-order chi connectivity index (χ0) is 31.1. The van der Waals surface area contributed by atoms with Crippen molar-refractivity contribution in [1.29, 1.82) is 0 Å². The number of carboxylic acids is 1. The molecule has 0 spiro atoms. The van der Waals surface area contributed by atoms with Gasteiger partial charge in [0.25, 0.3) is 0 Å². The van der Waals surface area contributed by atoms with Crippen LogP contribution in [0, 0.1) is 0 Å². The number of carbonyl (C=O) groups excluding carboxylic acids is 1. The molecule has 230 valence electrons. The quantitative estimate of drug-likeness (QED) is 0.178. The molecule has 1 aliphatic rings. The van der Waals surface area contributed by atoms with Gasteiger partial charge < -0.3 is 19.9 Å². The minimum Gasteiger partial charge on any atom is -0.490 e. The Morgan fingerprint density at radius 2 is 1.64 bits per heavy atom. The highest BCUT2D eigenvalue weighted by Crippen LogP contribution is 2.30. The molecule has 3 aromatic carbocycles. The van der Waals surface area contributed by atoms with Crippen LogP contribution in [0.15, 0.2) is 79.0 Å². The van der Waals surface area contributed by atoms with Crippen LogP contribution in [0.25, 0.3) is 10.8 Å². The second-order valence-electron chi connectivity index (χ2n) is 10.9. The summed E-state index contributed by atoms with van der Waals surface area (Å²) >= 11 is 0. The minimum atomic E-state index is -3.21. The van der Waals surface area contributed by atoms with Crippen LogP contribution in [0.5, 0.6) is 17.4 Å². The maximum absolute atomic E-state index is 12.5. The van der Waals surface area contributed by atoms with E-state index >= 15 is 0 Å². The average Bonchev–Trinajstić information content (AvgIpc) is 2.99. The molecule has 1 saturated carbocycles. The summed E-state index contributed by atoms with van der Waals surface area (Å²) in [6.07, 6.45) is 5.32. The van der Waals surface area contributed by atoms with Crippen molar-refractivity contribution >= 4 is 38.4 Å². The maximum atomic E-state index is 12.5. The standard InChI is InChI=1S/C33H35N3O7S/c1-2-17-44(40,41)36-25-10-14-26(15-11-25)42-27-12-8-24-20-28(13-9-23(24)19-27)43-32-16-7-22(21-34-32)18-31(37)35-30-6-4-3-5-29(30)33(38)39/h3-9,12-13,16,19-21,25-26,36H,2,10-11,14-15,17-18H2,1H3,(H,35,37)(H,38,39). The SMILES string of the molecule is CCCS(=O)(=O)NC1CCC(Oc2ccc3cc(Oc4ccc(CC(=O)Nc5ccccc5C(=O)O)cn4)ccc3c2)CC1. The number of fused-ring (bicyclic) bond motifs is 1. The van der Waals surface area contributed by atoms with Gasteiger partial charge in [0.05, 0.1) is 29.5 Å². The third-order valence-corrected chi connectivity index (χ3v) is 9.03. The van der Waals surface area contributed by atoms with Crippen LogP contribution in [-0.4, -0.2) is 48.3 Å². The fraction of sp³-hybridized carbons (Fsp3) is 0.303. The Morgan fingerprint density at radius 3 is 2.32 bits per heavy atom. The van der Waals surface area contributed by atoms with Gasteiger partial charge in [0.1, 0.15) is 11.5 Å². The van der Waals surface area contributed by atoms with Crippen LogP contribution in [0.3, 0.4) is 0 Å². The van der Waals surface area contributed by atoms with Crippen LogP contribution in [0.1, 0.15) is 54.9 Å². The first-order chi connectivity index (χ1) is 21.2. The van der Waals surface area contributed by atoms with Crippen LogP contribution in [-0.2, 0) is 21.2 Å². The van der Waals surface area contributed by atoms with Crippen molar-refractivity contribution in [1.82, 2.24) is 9.71 Å². The van der Waals surface area contributed by atoms with Crippen molar-refractivity contribution in [2.45, 2.75) is 57.6 Å². The molecule has 1 fully saturated rings. The van der Waals surface area contributed by atoms with E-state index in [-0.39, 0.29) is 41.5 Å². The van der Waals surface area contributed by atoms with Crippen molar-refractivity contribution in [2.75, 3.05) is 11.1 Å². The highest BCUT2D eigenvalue weighted by atomic mass is 32.2. The van der Waals surface area contributed by atoms with Crippen molar-refractivity contribution in [3.63, 3.8) is 0 Å². The molecule has 0 saturated heterocycles. The molecule has 0 aliphatic heterocycles. The van der Waals surface area contributed by atoms with E-state index < -0.39 is 16.0 Å². The first-order valence-corrected chi connectivity index (χ1v) is 16.3. The maximum Gasteiger partial charge on any atom is 0.337 e. The Balaban J connectivity index is 1.13. The zero-order valence-corrected chi connectivity index (χ0v) is 25.2. The molecule has 10 nitrogen and oxygen atoms in total. The van der Waals surface area contributed by atoms with E-state index in [1.165, 1.54) is 6.07 Å². The summed E-state index contributed by atoms with van der Waals surface area (Å²) in [6.45, 7) is 1.86. The molecule has 0 radical (unpaired) electrons. The highest BCUT2D eigenvalue weighted by Gasteiger charge is 2.25. The van der Waals surface area contributed by atoms with Gasteiger partial charge in [0.15, 0.2) is 0 Å². The third kappa shape index (κ3) is 8.33. The van der Waals surface area contributed by atoms with Crippen molar-refractivity contribution in [3.05, 3.63) is 90.1 Å². The number of nitrogens with one attached hydrogen (secondary N) is 2. The number of pyridine rings is 1. The zero-order valence-electron chi connectivity index (χ0n) is 24.4. The largest absolute Gasteiger partial charge is 0.490 e. The number of amides is 1. The van der Waals surface area contributed by atoms with E-state index in [2.05, 4.69) is 15.0 Å². The van der Waals surface area contributed by atoms with Gasteiger partial charge in [0.2, 0.25) is 21.8 Å². The molecule has 3 N–H and O–H groups in total. The molecular weight excluding hydrogens is 582 g/mol. The number of hydrogen-bond acceptors (Lipinski definition) is 7. The second kappa shape index (κ2) is 13.9. The Morgan fingerprint density at radius 1 is 0.932 bits per heavy atom. The monoisotopic (exact) mass is 617 g/mol. The second-order valence-corrected chi connectivity index (χ2v) is 12.8. The molecule has 5 rings (SSSR count). The lowest BCUT2D eigenvalue weighted by Gasteiger charge is -2.29. The van der Waals surface area contributed by atoms with Gasteiger partial charge in [0, 0.05) is 18.3 Å². The highest BCUT2D eigenvalue weighted by molar-refractivity contribution is 7.89. The van der Waals surface area contributed by atoms with Crippen LogP contribution in [0.2, 0.25) is 0 Å². The van der Waals surface area contributed by atoms with Gasteiger partial charge in [-0.05, 0) is 84.8 Å². The summed E-state index contributed by atoms with van der Waals surface area (Å²) in [4.78, 5) is 28.2. The minimum absolute atomic E-state index is 0.0243. The first kappa shape index (κ1) is 31.0. The number of aromatic carboxylic acids is 1. The molecule has 1 amide bonds. The van der Waals surface area contributed by atoms with E-state index in [0.717, 1.165) is 42.2 Å². The number of benzene rings is 3. The fourth-order valence-electron chi connectivity index (χ4n) is 5.27. The lowest BCUT2D eigenvalue weighted by Crippen LogP contribution is -2.40. The van der Waals surface area contributed by atoms with Crippen molar-refractivity contribution in [2.24, 2.45) is 0 Å². The van der Waals surface area contributed by atoms with E-state index in [9.17, 15) is 23.1 Å². The topological polar surface area (TPSA) is 144 Å². The number of hydrogen-bond donors (Lipinski definition) is 3. The van der Waals surface area contributed by atoms with Gasteiger partial charge in [-0.2, -0.15) is 0 Å². The number of para-hydroxylation sites is 1. The van der Waals surface area contributed by atoms with Gasteiger partial charge in [-0.15, -0.1) is 0 Å². The molecule has 1 heterocycles. The molecule has 0 atom stereocenters. The number of anilines is 1. The smallest absolute Gasteiger partial charge is 0.337 e. The summed E-state index contributed by atoms with van der Waals surface area (Å²) in [5.74, 6) is 0.447. The number of carboxylic acid groups (broad SMARTS) is 1.